The maximum Gasteiger partial charge on any atom is 0.421 e. The smallest absolute Gasteiger partial charge is 0.421 e. The average Bonchev–Trinajstić information content (AvgIpc) is 2.35. The molecule has 0 bridgehead atoms. The Bertz CT molecular complexity index is 316. The van der Waals surface area contributed by atoms with Gasteiger partial charge in [0.25, 0.3) is 0 Å². The van der Waals surface area contributed by atoms with Gasteiger partial charge in [-0.1, -0.05) is 30.3 Å². The molecule has 0 fully saturated rings. The van der Waals surface area contributed by atoms with Crippen LogP contribution in [0.25, 0.3) is 0 Å². The first-order valence-electron chi connectivity index (χ1n) is 5.18. The Balaban J connectivity index is 2.21. The number of hydrogen-bond acceptors (Lipinski definition) is 4. The summed E-state index contributed by atoms with van der Waals surface area (Å²) in [7, 11) is 0. The standard InChI is InChI=1S/C11H17N3O2/c12-10(9-5-2-1-3-6-9)7-4-8-16-11(15)14-13/h1-3,5-6,10H,4,7-8,12-13H2,(H,14,15). The number of carbonyl (C=O) groups excluding carboxylic acids is 1. The van der Waals surface area contributed by atoms with E-state index < -0.39 is 6.09 Å². The Morgan fingerprint density at radius 2 is 2.06 bits per heavy atom. The fourth-order valence-corrected chi connectivity index (χ4v) is 1.38. The molecule has 1 aromatic carbocycles. The van der Waals surface area contributed by atoms with E-state index in [1.807, 2.05) is 35.8 Å². The third-order valence-corrected chi connectivity index (χ3v) is 2.24. The van der Waals surface area contributed by atoms with Crippen molar-refractivity contribution in [1.29, 1.82) is 0 Å². The minimum Gasteiger partial charge on any atom is -0.449 e. The van der Waals surface area contributed by atoms with Gasteiger partial charge in [0.2, 0.25) is 0 Å². The van der Waals surface area contributed by atoms with Crippen LogP contribution in [0.3, 0.4) is 0 Å². The van der Waals surface area contributed by atoms with Crippen LogP contribution in [0.1, 0.15) is 24.4 Å². The van der Waals surface area contributed by atoms with E-state index in [2.05, 4.69) is 0 Å². The number of rotatable bonds is 5. The Labute approximate surface area is 94.7 Å². The number of hydrogen-bond donors (Lipinski definition) is 3. The summed E-state index contributed by atoms with van der Waals surface area (Å²) in [4.78, 5) is 10.6. The Hall–Kier alpha value is -1.59. The maximum absolute atomic E-state index is 10.6. The molecule has 0 saturated carbocycles. The molecule has 0 heterocycles. The van der Waals surface area contributed by atoms with Crippen LogP contribution in [0, 0.1) is 0 Å². The molecular weight excluding hydrogens is 206 g/mol. The number of hydrazine groups is 1. The minimum atomic E-state index is -0.617. The monoisotopic (exact) mass is 223 g/mol. The molecule has 1 unspecified atom stereocenters. The van der Waals surface area contributed by atoms with Crippen molar-refractivity contribution in [2.24, 2.45) is 11.6 Å². The van der Waals surface area contributed by atoms with E-state index in [4.69, 9.17) is 16.3 Å². The number of nitrogens with one attached hydrogen (secondary N) is 1. The Morgan fingerprint density at radius 3 is 2.69 bits per heavy atom. The normalized spacial score (nSPS) is 11.9. The lowest BCUT2D eigenvalue weighted by molar-refractivity contribution is 0.143. The summed E-state index contributed by atoms with van der Waals surface area (Å²) in [6.45, 7) is 0.323. The van der Waals surface area contributed by atoms with E-state index in [1.54, 1.807) is 0 Å². The summed E-state index contributed by atoms with van der Waals surface area (Å²) in [5.74, 6) is 4.86. The molecule has 0 radical (unpaired) electrons. The topological polar surface area (TPSA) is 90.4 Å². The number of ether oxygens (including phenoxy) is 1. The molecule has 1 aromatic rings. The molecule has 0 spiro atoms. The predicted octanol–water partition coefficient (Wildman–Crippen LogP) is 1.07. The Morgan fingerprint density at radius 1 is 1.38 bits per heavy atom. The van der Waals surface area contributed by atoms with Gasteiger partial charge in [-0.15, -0.1) is 0 Å². The zero-order valence-electron chi connectivity index (χ0n) is 9.06. The zero-order chi connectivity index (χ0) is 11.8. The lowest BCUT2D eigenvalue weighted by atomic mass is 10.0. The van der Waals surface area contributed by atoms with Gasteiger partial charge in [0, 0.05) is 6.04 Å². The largest absolute Gasteiger partial charge is 0.449 e. The van der Waals surface area contributed by atoms with Gasteiger partial charge in [-0.25, -0.2) is 10.6 Å². The van der Waals surface area contributed by atoms with Gasteiger partial charge >= 0.3 is 6.09 Å². The molecule has 1 amide bonds. The van der Waals surface area contributed by atoms with E-state index in [9.17, 15) is 4.79 Å². The molecule has 0 aliphatic rings. The summed E-state index contributed by atoms with van der Waals surface area (Å²) in [5, 5.41) is 0. The molecule has 1 atom stereocenters. The van der Waals surface area contributed by atoms with Gasteiger partial charge in [-0.05, 0) is 18.4 Å². The number of amides is 1. The third kappa shape index (κ3) is 4.29. The van der Waals surface area contributed by atoms with Crippen molar-refractivity contribution in [3.8, 4) is 0 Å². The highest BCUT2D eigenvalue weighted by Crippen LogP contribution is 2.14. The molecule has 0 saturated heterocycles. The first-order valence-corrected chi connectivity index (χ1v) is 5.18. The van der Waals surface area contributed by atoms with E-state index in [0.29, 0.717) is 13.0 Å². The van der Waals surface area contributed by atoms with Crippen molar-refractivity contribution < 1.29 is 9.53 Å². The fourth-order valence-electron chi connectivity index (χ4n) is 1.38. The first kappa shape index (κ1) is 12.5. The van der Waals surface area contributed by atoms with Crippen LogP contribution in [0.5, 0.6) is 0 Å². The van der Waals surface area contributed by atoms with Crippen molar-refractivity contribution in [3.05, 3.63) is 35.9 Å². The quantitative estimate of drug-likeness (QED) is 0.301. The van der Waals surface area contributed by atoms with E-state index in [1.165, 1.54) is 0 Å². The van der Waals surface area contributed by atoms with Crippen LogP contribution in [-0.4, -0.2) is 12.7 Å². The highest BCUT2D eigenvalue weighted by atomic mass is 16.5. The highest BCUT2D eigenvalue weighted by molar-refractivity contribution is 5.66. The molecular formula is C11H17N3O2. The van der Waals surface area contributed by atoms with Gasteiger partial charge in [0.15, 0.2) is 0 Å². The van der Waals surface area contributed by atoms with E-state index in [-0.39, 0.29) is 6.04 Å². The summed E-state index contributed by atoms with van der Waals surface area (Å²) in [6.07, 6.45) is 0.860. The van der Waals surface area contributed by atoms with Gasteiger partial charge in [-0.3, -0.25) is 5.43 Å². The molecule has 16 heavy (non-hydrogen) atoms. The molecule has 88 valence electrons. The summed E-state index contributed by atoms with van der Waals surface area (Å²) < 4.78 is 4.75. The van der Waals surface area contributed by atoms with Crippen molar-refractivity contribution in [2.45, 2.75) is 18.9 Å². The molecule has 0 aromatic heterocycles. The molecule has 0 aliphatic carbocycles. The minimum absolute atomic E-state index is 0.0225. The second-order valence-electron chi connectivity index (χ2n) is 3.44. The molecule has 5 heteroatoms. The van der Waals surface area contributed by atoms with Gasteiger partial charge in [0.05, 0.1) is 6.61 Å². The molecule has 5 N–H and O–H groups in total. The highest BCUT2D eigenvalue weighted by Gasteiger charge is 2.05. The number of carbonyl (C=O) groups is 1. The Kier molecular flexibility index (Phi) is 5.31. The van der Waals surface area contributed by atoms with Crippen LogP contribution >= 0.6 is 0 Å². The lowest BCUT2D eigenvalue weighted by Gasteiger charge is -2.11. The lowest BCUT2D eigenvalue weighted by Crippen LogP contribution is -2.31. The van der Waals surface area contributed by atoms with Gasteiger partial charge in [0.1, 0.15) is 0 Å². The number of benzene rings is 1. The van der Waals surface area contributed by atoms with Crippen LogP contribution in [0.15, 0.2) is 30.3 Å². The van der Waals surface area contributed by atoms with Crippen LogP contribution in [0.4, 0.5) is 4.79 Å². The van der Waals surface area contributed by atoms with Gasteiger partial charge in [-0.2, -0.15) is 0 Å². The van der Waals surface area contributed by atoms with Crippen LogP contribution < -0.4 is 17.0 Å². The van der Waals surface area contributed by atoms with Crippen molar-refractivity contribution >= 4 is 6.09 Å². The maximum atomic E-state index is 10.6. The summed E-state index contributed by atoms with van der Waals surface area (Å²) in [6, 6.07) is 9.80. The zero-order valence-corrected chi connectivity index (χ0v) is 9.06. The second-order valence-corrected chi connectivity index (χ2v) is 3.44. The van der Waals surface area contributed by atoms with Crippen molar-refractivity contribution in [1.82, 2.24) is 5.43 Å². The first-order chi connectivity index (χ1) is 7.74. The number of nitrogens with two attached hydrogens (primary N) is 2. The molecule has 5 nitrogen and oxygen atoms in total. The van der Waals surface area contributed by atoms with Crippen molar-refractivity contribution in [3.63, 3.8) is 0 Å². The van der Waals surface area contributed by atoms with Gasteiger partial charge < -0.3 is 10.5 Å². The summed E-state index contributed by atoms with van der Waals surface area (Å²) >= 11 is 0. The third-order valence-electron chi connectivity index (χ3n) is 2.24. The van der Waals surface area contributed by atoms with E-state index >= 15 is 0 Å². The predicted molar refractivity (Wildman–Crippen MR) is 61.3 cm³/mol. The summed E-state index contributed by atoms with van der Waals surface area (Å²) in [5.41, 5.74) is 8.94. The van der Waals surface area contributed by atoms with Crippen molar-refractivity contribution in [2.75, 3.05) is 6.61 Å². The molecule has 1 rings (SSSR count). The van der Waals surface area contributed by atoms with Crippen LogP contribution in [-0.2, 0) is 4.74 Å². The SMILES string of the molecule is NNC(=O)OCCCC(N)c1ccccc1. The second kappa shape index (κ2) is 6.81. The fraction of sp³-hybridized carbons (Fsp3) is 0.364. The average molecular weight is 223 g/mol. The molecule has 0 aliphatic heterocycles. The van der Waals surface area contributed by atoms with E-state index in [0.717, 1.165) is 12.0 Å². The van der Waals surface area contributed by atoms with Crippen LogP contribution in [0.2, 0.25) is 0 Å².